The molecule has 0 radical (unpaired) electrons. The highest BCUT2D eigenvalue weighted by atomic mass is 32.2. The van der Waals surface area contributed by atoms with Crippen molar-refractivity contribution in [2.45, 2.75) is 44.5 Å². The fourth-order valence-electron chi connectivity index (χ4n) is 5.91. The third-order valence-electron chi connectivity index (χ3n) is 8.73. The SMILES string of the molecule is CCCNC(=O)Nc1c[n+](CC2=C(C(=O)OCc3ccc(OC)cc3)N3C(=O)[C@@H](N=Cc4ccccc4O)[C@H]3SC2)n(C)c1NCc1ccccc1. The van der Waals surface area contributed by atoms with E-state index in [1.165, 1.54) is 22.9 Å². The summed E-state index contributed by atoms with van der Waals surface area (Å²) in [6, 6.07) is 22.8. The molecule has 1 saturated heterocycles. The number of hydrogen-bond donors (Lipinski definition) is 4. The van der Waals surface area contributed by atoms with E-state index in [1.54, 1.807) is 49.7 Å². The number of nitrogens with one attached hydrogen (secondary N) is 3. The number of phenolic OH excluding ortho intramolecular Hbond substituents is 1. The Labute approximate surface area is 306 Å². The van der Waals surface area contributed by atoms with Crippen LogP contribution in [0.4, 0.5) is 16.3 Å². The molecule has 2 aliphatic rings. The molecule has 0 aliphatic carbocycles. The second-order valence-electron chi connectivity index (χ2n) is 12.3. The van der Waals surface area contributed by atoms with E-state index >= 15 is 0 Å². The van der Waals surface area contributed by atoms with Gasteiger partial charge < -0.3 is 25.2 Å². The van der Waals surface area contributed by atoms with Crippen molar-refractivity contribution < 1.29 is 33.6 Å². The largest absolute Gasteiger partial charge is 0.507 e. The first-order valence-corrected chi connectivity index (χ1v) is 18.0. The molecule has 0 spiro atoms. The van der Waals surface area contributed by atoms with Gasteiger partial charge in [-0.25, -0.2) is 9.59 Å². The van der Waals surface area contributed by atoms with Gasteiger partial charge in [0.05, 0.1) is 14.2 Å². The lowest BCUT2D eigenvalue weighted by atomic mass is 10.0. The Morgan fingerprint density at radius 2 is 1.81 bits per heavy atom. The van der Waals surface area contributed by atoms with Crippen molar-refractivity contribution in [1.82, 2.24) is 14.9 Å². The Balaban J connectivity index is 1.30. The molecule has 2 aliphatic heterocycles. The summed E-state index contributed by atoms with van der Waals surface area (Å²) >= 11 is 1.51. The van der Waals surface area contributed by atoms with Gasteiger partial charge in [0.2, 0.25) is 6.20 Å². The van der Waals surface area contributed by atoms with Crippen LogP contribution in [0, 0.1) is 0 Å². The van der Waals surface area contributed by atoms with Crippen molar-refractivity contribution in [3.05, 3.63) is 113 Å². The first-order valence-electron chi connectivity index (χ1n) is 17.0. The predicted octanol–water partition coefficient (Wildman–Crippen LogP) is 4.57. The monoisotopic (exact) mass is 724 g/mol. The van der Waals surface area contributed by atoms with Gasteiger partial charge >= 0.3 is 12.0 Å². The Morgan fingerprint density at radius 1 is 1.06 bits per heavy atom. The van der Waals surface area contributed by atoms with Crippen molar-refractivity contribution in [3.8, 4) is 11.5 Å². The highest BCUT2D eigenvalue weighted by Crippen LogP contribution is 2.42. The molecule has 4 N–H and O–H groups in total. The third-order valence-corrected chi connectivity index (χ3v) is 10.1. The van der Waals surface area contributed by atoms with Crippen molar-refractivity contribution in [2.75, 3.05) is 30.0 Å². The first-order chi connectivity index (χ1) is 25.3. The molecule has 3 amide bonds. The minimum atomic E-state index is -0.732. The summed E-state index contributed by atoms with van der Waals surface area (Å²) in [7, 11) is 3.44. The van der Waals surface area contributed by atoms with Gasteiger partial charge in [-0.2, -0.15) is 0 Å². The van der Waals surface area contributed by atoms with Crippen LogP contribution in [0.1, 0.15) is 30.0 Å². The van der Waals surface area contributed by atoms with E-state index in [0.717, 1.165) is 17.5 Å². The van der Waals surface area contributed by atoms with Crippen LogP contribution in [0.25, 0.3) is 0 Å². The number of methoxy groups -OCH3 is 1. The van der Waals surface area contributed by atoms with Crippen LogP contribution in [0.2, 0.25) is 0 Å². The quantitative estimate of drug-likeness (QED) is 0.0640. The Bertz CT molecular complexity index is 1980. The standard InChI is InChI=1S/C38H41N7O6S/c1-4-18-39-38(49)42-30-22-44(43(2)34(30)41-19-25-10-6-5-7-11-25)21-28-24-52-36-32(40-20-27-12-8-9-13-31(27)46)35(47)45(36)33(28)37(48)51-23-26-14-16-29(50-3)17-15-26/h5-17,20,22,32,36H,4,18-19,21,23-24H2,1-3H3,(H3,39,40,42,46,49)/p+1/t32-,36-/m1/s1. The number of benzene rings is 3. The van der Waals surface area contributed by atoms with Crippen LogP contribution in [0.3, 0.4) is 0 Å². The van der Waals surface area contributed by atoms with Gasteiger partial charge in [0.15, 0.2) is 24.1 Å². The number of aliphatic imine (C=N–C) groups is 1. The number of ether oxygens (including phenoxy) is 2. The lowest BCUT2D eigenvalue weighted by Crippen LogP contribution is -2.64. The summed E-state index contributed by atoms with van der Waals surface area (Å²) in [6.07, 6.45) is 4.09. The number of fused-ring (bicyclic) bond motifs is 1. The number of amides is 3. The van der Waals surface area contributed by atoms with Crippen LogP contribution in [-0.2, 0) is 41.1 Å². The molecular weight excluding hydrogens is 683 g/mol. The molecule has 6 rings (SSSR count). The lowest BCUT2D eigenvalue weighted by Gasteiger charge is -2.47. The molecule has 4 aromatic rings. The first kappa shape index (κ1) is 36.0. The van der Waals surface area contributed by atoms with E-state index in [9.17, 15) is 19.5 Å². The highest BCUT2D eigenvalue weighted by Gasteiger charge is 2.54. The van der Waals surface area contributed by atoms with Gasteiger partial charge in [-0.15, -0.1) is 21.1 Å². The topological polar surface area (TPSA) is 150 Å². The van der Waals surface area contributed by atoms with Gasteiger partial charge in [-0.05, 0) is 41.8 Å². The minimum absolute atomic E-state index is 0.000104. The number of phenols is 1. The molecule has 1 aromatic heterocycles. The fourth-order valence-corrected chi connectivity index (χ4v) is 7.24. The van der Waals surface area contributed by atoms with E-state index in [1.807, 2.05) is 65.8 Å². The highest BCUT2D eigenvalue weighted by molar-refractivity contribution is 8.00. The number of nitrogens with zero attached hydrogens (tertiary/aromatic N) is 4. The second kappa shape index (κ2) is 16.5. The molecular formula is C38H42N7O6S+. The number of carbonyl (C=O) groups is 3. The Morgan fingerprint density at radius 3 is 2.54 bits per heavy atom. The smallest absolute Gasteiger partial charge is 0.355 e. The van der Waals surface area contributed by atoms with Crippen LogP contribution in [0.15, 0.2) is 101 Å². The number of aromatic hydroxyl groups is 1. The number of carbonyl (C=O) groups excluding carboxylic acids is 3. The van der Waals surface area contributed by atoms with E-state index in [-0.39, 0.29) is 36.5 Å². The summed E-state index contributed by atoms with van der Waals surface area (Å²) in [5, 5.41) is 19.0. The van der Waals surface area contributed by atoms with Crippen LogP contribution >= 0.6 is 11.8 Å². The molecule has 14 heteroatoms. The van der Waals surface area contributed by atoms with Crippen molar-refractivity contribution in [1.29, 1.82) is 0 Å². The van der Waals surface area contributed by atoms with Gasteiger partial charge in [0.25, 0.3) is 5.91 Å². The summed E-state index contributed by atoms with van der Waals surface area (Å²) in [4.78, 5) is 46.4. The minimum Gasteiger partial charge on any atom is -0.507 e. The number of rotatable bonds is 14. The summed E-state index contributed by atoms with van der Waals surface area (Å²) in [5.41, 5.74) is 3.73. The molecule has 0 unspecified atom stereocenters. The maximum absolute atomic E-state index is 14.0. The Hall–Kier alpha value is -5.76. The number of thioether (sulfide) groups is 1. The number of β-lactam (4-membered cyclic amide) rings is 1. The number of aromatic nitrogens is 2. The molecule has 3 aromatic carbocycles. The van der Waals surface area contributed by atoms with Gasteiger partial charge in [0, 0.05) is 36.2 Å². The summed E-state index contributed by atoms with van der Waals surface area (Å²) in [5.74, 6) is 0.874. The number of esters is 1. The number of para-hydroxylation sites is 1. The lowest BCUT2D eigenvalue weighted by molar-refractivity contribution is -0.765. The van der Waals surface area contributed by atoms with Gasteiger partial charge in [-0.1, -0.05) is 61.5 Å². The molecule has 270 valence electrons. The molecule has 13 nitrogen and oxygen atoms in total. The van der Waals surface area contributed by atoms with E-state index in [2.05, 4.69) is 20.9 Å². The number of anilines is 2. The van der Waals surface area contributed by atoms with Gasteiger partial charge in [0.1, 0.15) is 29.2 Å². The average molecular weight is 725 g/mol. The van der Waals surface area contributed by atoms with Crippen molar-refractivity contribution in [3.63, 3.8) is 0 Å². The maximum Gasteiger partial charge on any atom is 0.355 e. The predicted molar refractivity (Wildman–Crippen MR) is 199 cm³/mol. The zero-order chi connectivity index (χ0) is 36.6. The third kappa shape index (κ3) is 8.07. The average Bonchev–Trinajstić information content (AvgIpc) is 3.45. The van der Waals surface area contributed by atoms with Gasteiger partial charge in [-0.3, -0.25) is 20.0 Å². The molecule has 0 saturated carbocycles. The maximum atomic E-state index is 14.0. The van der Waals surface area contributed by atoms with Crippen LogP contribution < -0.4 is 25.4 Å². The fraction of sp³-hybridized carbons (Fsp3) is 0.289. The zero-order valence-electron chi connectivity index (χ0n) is 29.2. The van der Waals surface area contributed by atoms with Crippen molar-refractivity contribution in [2.24, 2.45) is 12.0 Å². The van der Waals surface area contributed by atoms with Crippen LogP contribution in [-0.4, -0.2) is 69.6 Å². The van der Waals surface area contributed by atoms with Crippen molar-refractivity contribution >= 4 is 47.4 Å². The van der Waals surface area contributed by atoms with E-state index in [4.69, 9.17) is 9.47 Å². The molecule has 3 heterocycles. The number of hydrogen-bond acceptors (Lipinski definition) is 9. The van der Waals surface area contributed by atoms with E-state index < -0.39 is 17.4 Å². The molecule has 52 heavy (non-hydrogen) atoms. The Kier molecular flexibility index (Phi) is 11.4. The molecule has 0 bridgehead atoms. The summed E-state index contributed by atoms with van der Waals surface area (Å²) < 4.78 is 14.8. The number of urea groups is 1. The summed E-state index contributed by atoms with van der Waals surface area (Å²) in [6.45, 7) is 3.25. The van der Waals surface area contributed by atoms with Crippen LogP contribution in [0.5, 0.6) is 11.5 Å². The second-order valence-corrected chi connectivity index (χ2v) is 13.4. The molecule has 2 atom stereocenters. The normalized spacial score (nSPS) is 16.7. The van der Waals surface area contributed by atoms with E-state index in [0.29, 0.717) is 47.2 Å². The zero-order valence-corrected chi connectivity index (χ0v) is 30.1. The molecule has 1 fully saturated rings.